The van der Waals surface area contributed by atoms with Crippen LogP contribution in [0, 0.1) is 20.8 Å². The smallest absolute Gasteiger partial charge is 0.261 e. The highest BCUT2D eigenvalue weighted by molar-refractivity contribution is 7.92. The van der Waals surface area contributed by atoms with E-state index in [1.807, 2.05) is 20.8 Å². The fraction of sp³-hybridized carbons (Fsp3) is 0.240. The molecule has 1 saturated carbocycles. The molecule has 160 valence electrons. The van der Waals surface area contributed by atoms with Crippen molar-refractivity contribution >= 4 is 27.3 Å². The van der Waals surface area contributed by atoms with Crippen molar-refractivity contribution < 1.29 is 13.2 Å². The molecule has 0 heterocycles. The van der Waals surface area contributed by atoms with Gasteiger partial charge < -0.3 is 5.32 Å². The summed E-state index contributed by atoms with van der Waals surface area (Å²) in [6.07, 6.45) is 1.66. The number of nitrogens with one attached hydrogen (secondary N) is 2. The van der Waals surface area contributed by atoms with E-state index in [0.29, 0.717) is 11.4 Å². The number of sulfonamides is 1. The highest BCUT2D eigenvalue weighted by Gasteiger charge is 2.51. The number of carbonyl (C=O) groups excluding carboxylic acids is 1. The maximum absolute atomic E-state index is 13.0. The van der Waals surface area contributed by atoms with Gasteiger partial charge in [0.25, 0.3) is 10.0 Å². The number of anilines is 2. The van der Waals surface area contributed by atoms with Gasteiger partial charge in [-0.2, -0.15) is 0 Å². The van der Waals surface area contributed by atoms with Gasteiger partial charge in [0.2, 0.25) is 5.91 Å². The van der Waals surface area contributed by atoms with Crippen molar-refractivity contribution in [2.24, 2.45) is 0 Å². The first-order chi connectivity index (χ1) is 14.7. The number of aryl methyl sites for hydroxylation is 3. The van der Waals surface area contributed by atoms with E-state index in [-0.39, 0.29) is 10.8 Å². The van der Waals surface area contributed by atoms with Gasteiger partial charge in [-0.3, -0.25) is 9.52 Å². The Morgan fingerprint density at radius 1 is 0.774 bits per heavy atom. The highest BCUT2D eigenvalue weighted by Crippen LogP contribution is 2.49. The normalized spacial score (nSPS) is 14.7. The number of hydrogen-bond acceptors (Lipinski definition) is 3. The first-order valence-corrected chi connectivity index (χ1v) is 11.8. The van der Waals surface area contributed by atoms with Gasteiger partial charge in [-0.15, -0.1) is 0 Å². The summed E-state index contributed by atoms with van der Waals surface area (Å²) >= 11 is 0. The molecule has 0 atom stereocenters. The molecule has 1 aliphatic rings. The Morgan fingerprint density at radius 3 is 1.87 bits per heavy atom. The maximum atomic E-state index is 13.0. The second kappa shape index (κ2) is 7.85. The molecule has 0 unspecified atom stereocenters. The Kier molecular flexibility index (Phi) is 5.35. The molecule has 0 saturated heterocycles. The minimum absolute atomic E-state index is 0.0227. The van der Waals surface area contributed by atoms with Crippen LogP contribution in [0.5, 0.6) is 0 Å². The summed E-state index contributed by atoms with van der Waals surface area (Å²) in [7, 11) is -3.66. The number of rotatable bonds is 6. The van der Waals surface area contributed by atoms with Crippen LogP contribution in [0.4, 0.5) is 11.4 Å². The minimum Gasteiger partial charge on any atom is -0.325 e. The number of hydrogen-bond donors (Lipinski definition) is 2. The molecule has 1 amide bonds. The van der Waals surface area contributed by atoms with Gasteiger partial charge in [-0.1, -0.05) is 47.0 Å². The topological polar surface area (TPSA) is 75.3 Å². The molecule has 0 spiro atoms. The standard InChI is InChI=1S/C25H26N2O3S/c1-17-4-10-23(11-5-17)31(29,30)27-22-8-6-21(7-9-22)26-24(28)25(12-13-25)20-15-18(2)14-19(3)16-20/h4-11,14-16,27H,12-13H2,1-3H3,(H,26,28). The van der Waals surface area contributed by atoms with Crippen LogP contribution in [0.3, 0.4) is 0 Å². The number of benzene rings is 3. The van der Waals surface area contributed by atoms with Crippen LogP contribution in [-0.2, 0) is 20.2 Å². The summed E-state index contributed by atoms with van der Waals surface area (Å²) in [5.41, 5.74) is 4.97. The Bertz CT molecular complexity index is 1210. The third-order valence-corrected chi connectivity index (χ3v) is 7.08. The van der Waals surface area contributed by atoms with Crippen molar-refractivity contribution in [2.45, 2.75) is 43.9 Å². The second-order valence-electron chi connectivity index (χ2n) is 8.41. The molecule has 0 radical (unpaired) electrons. The summed E-state index contributed by atoms with van der Waals surface area (Å²) in [5.74, 6) is -0.0227. The van der Waals surface area contributed by atoms with E-state index in [2.05, 4.69) is 28.2 Å². The minimum atomic E-state index is -3.66. The Hall–Kier alpha value is -3.12. The van der Waals surface area contributed by atoms with Crippen molar-refractivity contribution in [3.63, 3.8) is 0 Å². The average molecular weight is 435 g/mol. The van der Waals surface area contributed by atoms with E-state index in [1.165, 1.54) is 0 Å². The molecule has 31 heavy (non-hydrogen) atoms. The summed E-state index contributed by atoms with van der Waals surface area (Å²) < 4.78 is 27.7. The first kappa shape index (κ1) is 21.1. The van der Waals surface area contributed by atoms with Crippen molar-refractivity contribution in [2.75, 3.05) is 10.0 Å². The van der Waals surface area contributed by atoms with Crippen molar-refractivity contribution in [3.8, 4) is 0 Å². The molecule has 3 aromatic carbocycles. The van der Waals surface area contributed by atoms with Gasteiger partial charge in [0.15, 0.2) is 0 Å². The van der Waals surface area contributed by atoms with E-state index in [4.69, 9.17) is 0 Å². The molecule has 4 rings (SSSR count). The van der Waals surface area contributed by atoms with Crippen LogP contribution in [-0.4, -0.2) is 14.3 Å². The van der Waals surface area contributed by atoms with E-state index in [9.17, 15) is 13.2 Å². The maximum Gasteiger partial charge on any atom is 0.261 e. The highest BCUT2D eigenvalue weighted by atomic mass is 32.2. The van der Waals surface area contributed by atoms with Crippen LogP contribution in [0.15, 0.2) is 71.6 Å². The molecular weight excluding hydrogens is 408 g/mol. The zero-order chi connectivity index (χ0) is 22.2. The molecule has 0 bridgehead atoms. The summed E-state index contributed by atoms with van der Waals surface area (Å²) in [6, 6.07) is 19.7. The predicted molar refractivity (Wildman–Crippen MR) is 124 cm³/mol. The first-order valence-electron chi connectivity index (χ1n) is 10.3. The largest absolute Gasteiger partial charge is 0.325 e. The molecule has 6 heteroatoms. The van der Waals surface area contributed by atoms with E-state index in [1.54, 1.807) is 48.5 Å². The summed E-state index contributed by atoms with van der Waals surface area (Å²) in [4.78, 5) is 13.2. The lowest BCUT2D eigenvalue weighted by Gasteiger charge is -2.17. The fourth-order valence-corrected chi connectivity index (χ4v) is 4.89. The van der Waals surface area contributed by atoms with Gasteiger partial charge >= 0.3 is 0 Å². The van der Waals surface area contributed by atoms with E-state index in [0.717, 1.165) is 35.1 Å². The third kappa shape index (κ3) is 4.49. The van der Waals surface area contributed by atoms with E-state index < -0.39 is 15.4 Å². The summed E-state index contributed by atoms with van der Waals surface area (Å²) in [5, 5.41) is 2.99. The molecule has 0 aromatic heterocycles. The van der Waals surface area contributed by atoms with Crippen molar-refractivity contribution in [1.29, 1.82) is 0 Å². The Balaban J connectivity index is 1.46. The molecular formula is C25H26N2O3S. The van der Waals surface area contributed by atoms with Gasteiger partial charge in [0.1, 0.15) is 0 Å². The van der Waals surface area contributed by atoms with Crippen LogP contribution >= 0.6 is 0 Å². The van der Waals surface area contributed by atoms with Crippen LogP contribution < -0.4 is 10.0 Å². The number of amides is 1. The number of carbonyl (C=O) groups is 1. The predicted octanol–water partition coefficient (Wildman–Crippen LogP) is 5.08. The van der Waals surface area contributed by atoms with E-state index >= 15 is 0 Å². The van der Waals surface area contributed by atoms with Crippen LogP contribution in [0.25, 0.3) is 0 Å². The van der Waals surface area contributed by atoms with Crippen LogP contribution in [0.2, 0.25) is 0 Å². The molecule has 1 fully saturated rings. The van der Waals surface area contributed by atoms with Gasteiger partial charge in [-0.05, 0) is 75.6 Å². The molecule has 1 aliphatic carbocycles. The lowest BCUT2D eigenvalue weighted by molar-refractivity contribution is -0.118. The fourth-order valence-electron chi connectivity index (χ4n) is 3.83. The zero-order valence-electron chi connectivity index (χ0n) is 17.9. The van der Waals surface area contributed by atoms with Gasteiger partial charge in [-0.25, -0.2) is 8.42 Å². The van der Waals surface area contributed by atoms with Crippen molar-refractivity contribution in [1.82, 2.24) is 0 Å². The lowest BCUT2D eigenvalue weighted by Crippen LogP contribution is -2.28. The Morgan fingerprint density at radius 2 is 1.32 bits per heavy atom. The molecule has 2 N–H and O–H groups in total. The zero-order valence-corrected chi connectivity index (χ0v) is 18.7. The molecule has 0 aliphatic heterocycles. The van der Waals surface area contributed by atoms with Crippen molar-refractivity contribution in [3.05, 3.63) is 89.0 Å². The molecule has 3 aromatic rings. The second-order valence-corrected chi connectivity index (χ2v) is 10.1. The Labute approximate surface area is 183 Å². The van der Waals surface area contributed by atoms with Crippen LogP contribution in [0.1, 0.15) is 35.1 Å². The van der Waals surface area contributed by atoms with Gasteiger partial charge in [0.05, 0.1) is 10.3 Å². The quantitative estimate of drug-likeness (QED) is 0.568. The summed E-state index contributed by atoms with van der Waals surface area (Å²) in [6.45, 7) is 5.99. The lowest BCUT2D eigenvalue weighted by atomic mass is 9.92. The monoisotopic (exact) mass is 434 g/mol. The van der Waals surface area contributed by atoms with Gasteiger partial charge in [0, 0.05) is 11.4 Å². The third-order valence-electron chi connectivity index (χ3n) is 5.69. The average Bonchev–Trinajstić information content (AvgIpc) is 3.51. The molecule has 5 nitrogen and oxygen atoms in total. The SMILES string of the molecule is Cc1ccc(S(=O)(=O)Nc2ccc(NC(=O)C3(c4cc(C)cc(C)c4)CC3)cc2)cc1.